The molecule has 1 amide bonds. The van der Waals surface area contributed by atoms with Crippen LogP contribution in [0.15, 0.2) is 18.2 Å². The van der Waals surface area contributed by atoms with Gasteiger partial charge in [0.05, 0.1) is 18.1 Å². The maximum absolute atomic E-state index is 12.6. The van der Waals surface area contributed by atoms with E-state index in [1.54, 1.807) is 0 Å². The minimum atomic E-state index is -0.215. The smallest absolute Gasteiger partial charge is 0.231 e. The first-order chi connectivity index (χ1) is 11.2. The van der Waals surface area contributed by atoms with Gasteiger partial charge in [-0.25, -0.2) is 0 Å². The van der Waals surface area contributed by atoms with Crippen LogP contribution in [0.1, 0.15) is 31.2 Å². The Bertz CT molecular complexity index is 611. The van der Waals surface area contributed by atoms with Crippen molar-refractivity contribution in [2.24, 2.45) is 0 Å². The molecule has 3 unspecified atom stereocenters. The van der Waals surface area contributed by atoms with Gasteiger partial charge in [0, 0.05) is 19.1 Å². The normalized spacial score (nSPS) is 28.8. The molecule has 0 spiro atoms. The van der Waals surface area contributed by atoms with Gasteiger partial charge in [-0.1, -0.05) is 13.0 Å². The predicted molar refractivity (Wildman–Crippen MR) is 83.7 cm³/mol. The molecular weight excluding hydrogens is 296 g/mol. The lowest BCUT2D eigenvalue weighted by molar-refractivity contribution is -0.124. The summed E-state index contributed by atoms with van der Waals surface area (Å²) in [6.45, 7) is 4.40. The van der Waals surface area contributed by atoms with Gasteiger partial charge in [-0.15, -0.1) is 0 Å². The molecule has 4 rings (SSSR count). The molecule has 124 valence electrons. The summed E-state index contributed by atoms with van der Waals surface area (Å²) in [5.74, 6) is 1.31. The van der Waals surface area contributed by atoms with Gasteiger partial charge in [-0.2, -0.15) is 0 Å². The van der Waals surface area contributed by atoms with Gasteiger partial charge >= 0.3 is 0 Å². The van der Waals surface area contributed by atoms with Crippen LogP contribution in [0.25, 0.3) is 0 Å². The maximum Gasteiger partial charge on any atom is 0.231 e. The first-order valence-electron chi connectivity index (χ1n) is 8.24. The van der Waals surface area contributed by atoms with Gasteiger partial charge < -0.3 is 24.8 Å². The molecule has 1 aromatic carbocycles. The molecular formula is C17H22N2O4. The molecule has 3 aliphatic heterocycles. The number of ether oxygens (including phenoxy) is 3. The molecule has 3 atom stereocenters. The van der Waals surface area contributed by atoms with Crippen molar-refractivity contribution in [2.45, 2.75) is 37.3 Å². The Hall–Kier alpha value is -1.79. The van der Waals surface area contributed by atoms with E-state index in [1.165, 1.54) is 0 Å². The lowest BCUT2D eigenvalue weighted by Crippen LogP contribution is -2.48. The summed E-state index contributed by atoms with van der Waals surface area (Å²) in [4.78, 5) is 12.6. The van der Waals surface area contributed by atoms with E-state index in [1.807, 2.05) is 25.1 Å². The molecule has 3 heterocycles. The van der Waals surface area contributed by atoms with Crippen LogP contribution in [0.2, 0.25) is 0 Å². The number of amides is 1. The highest BCUT2D eigenvalue weighted by atomic mass is 16.7. The molecule has 2 N–H and O–H groups in total. The first-order valence-corrected chi connectivity index (χ1v) is 8.24. The molecule has 0 aliphatic carbocycles. The van der Waals surface area contributed by atoms with Gasteiger partial charge in [0.1, 0.15) is 0 Å². The van der Waals surface area contributed by atoms with Gasteiger partial charge in [-0.05, 0) is 30.5 Å². The van der Waals surface area contributed by atoms with E-state index in [0.29, 0.717) is 18.3 Å². The number of rotatable bonds is 5. The number of benzene rings is 1. The molecule has 0 saturated carbocycles. The fourth-order valence-electron chi connectivity index (χ4n) is 3.69. The summed E-state index contributed by atoms with van der Waals surface area (Å²) < 4.78 is 16.6. The topological polar surface area (TPSA) is 68.8 Å². The molecule has 3 aliphatic rings. The lowest BCUT2D eigenvalue weighted by Gasteiger charge is -2.28. The minimum Gasteiger partial charge on any atom is -0.454 e. The second-order valence-electron chi connectivity index (χ2n) is 6.57. The number of carbonyl (C=O) groups is 1. The number of fused-ring (bicyclic) bond motifs is 3. The van der Waals surface area contributed by atoms with E-state index in [2.05, 4.69) is 10.6 Å². The average Bonchev–Trinajstić information content (AvgIpc) is 3.29. The van der Waals surface area contributed by atoms with E-state index in [-0.39, 0.29) is 24.2 Å². The third kappa shape index (κ3) is 2.66. The number of hydrogen-bond acceptors (Lipinski definition) is 5. The van der Waals surface area contributed by atoms with Crippen molar-refractivity contribution >= 4 is 5.91 Å². The second kappa shape index (κ2) is 5.69. The van der Waals surface area contributed by atoms with Crippen molar-refractivity contribution < 1.29 is 19.0 Å². The zero-order valence-electron chi connectivity index (χ0n) is 13.3. The van der Waals surface area contributed by atoms with Crippen LogP contribution >= 0.6 is 0 Å². The van der Waals surface area contributed by atoms with E-state index < -0.39 is 0 Å². The molecule has 2 saturated heterocycles. The Morgan fingerprint density at radius 1 is 1.43 bits per heavy atom. The highest BCUT2D eigenvalue weighted by Gasteiger charge is 2.46. The average molecular weight is 318 g/mol. The van der Waals surface area contributed by atoms with E-state index in [9.17, 15) is 4.79 Å². The molecule has 0 aromatic heterocycles. The van der Waals surface area contributed by atoms with Crippen LogP contribution in [-0.4, -0.2) is 44.0 Å². The number of nitrogens with one attached hydrogen (secondary N) is 2. The van der Waals surface area contributed by atoms with Crippen molar-refractivity contribution in [1.82, 2.24) is 10.6 Å². The highest BCUT2D eigenvalue weighted by molar-refractivity contribution is 5.84. The van der Waals surface area contributed by atoms with E-state index in [0.717, 1.165) is 37.3 Å². The van der Waals surface area contributed by atoms with Gasteiger partial charge in [-0.3, -0.25) is 4.79 Å². The van der Waals surface area contributed by atoms with E-state index in [4.69, 9.17) is 14.2 Å². The third-order valence-corrected chi connectivity index (χ3v) is 5.03. The highest BCUT2D eigenvalue weighted by Crippen LogP contribution is 2.36. The Kier molecular flexibility index (Phi) is 3.66. The van der Waals surface area contributed by atoms with Gasteiger partial charge in [0.2, 0.25) is 12.7 Å². The van der Waals surface area contributed by atoms with Crippen molar-refractivity contribution in [3.05, 3.63) is 23.8 Å². The Balaban J connectivity index is 1.43. The fourth-order valence-corrected chi connectivity index (χ4v) is 3.69. The zero-order chi connectivity index (χ0) is 15.9. The molecule has 0 radical (unpaired) electrons. The summed E-state index contributed by atoms with van der Waals surface area (Å²) in [7, 11) is 0. The Labute approximate surface area is 135 Å². The first kappa shape index (κ1) is 14.8. The van der Waals surface area contributed by atoms with Crippen molar-refractivity contribution in [2.75, 3.05) is 26.5 Å². The number of hydrogen-bond donors (Lipinski definition) is 2. The van der Waals surface area contributed by atoms with Crippen LogP contribution < -0.4 is 20.1 Å². The third-order valence-electron chi connectivity index (χ3n) is 5.03. The van der Waals surface area contributed by atoms with Crippen molar-refractivity contribution in [1.29, 1.82) is 0 Å². The quantitative estimate of drug-likeness (QED) is 0.852. The summed E-state index contributed by atoms with van der Waals surface area (Å²) in [6.07, 6.45) is 1.72. The molecule has 6 heteroatoms. The van der Waals surface area contributed by atoms with Crippen molar-refractivity contribution in [3.8, 4) is 11.5 Å². The summed E-state index contributed by atoms with van der Waals surface area (Å²) >= 11 is 0. The molecule has 1 aromatic rings. The molecule has 2 bridgehead atoms. The van der Waals surface area contributed by atoms with Crippen LogP contribution in [0, 0.1) is 0 Å². The molecule has 6 nitrogen and oxygen atoms in total. The van der Waals surface area contributed by atoms with Crippen LogP contribution in [-0.2, 0) is 9.53 Å². The Morgan fingerprint density at radius 3 is 3.00 bits per heavy atom. The predicted octanol–water partition coefficient (Wildman–Crippen LogP) is 1.16. The van der Waals surface area contributed by atoms with Crippen molar-refractivity contribution in [3.63, 3.8) is 0 Å². The second-order valence-corrected chi connectivity index (χ2v) is 6.57. The molecule has 2 fully saturated rings. The minimum absolute atomic E-state index is 0.0414. The number of carbonyl (C=O) groups excluding carboxylic acids is 1. The zero-order valence-corrected chi connectivity index (χ0v) is 13.3. The Morgan fingerprint density at radius 2 is 2.30 bits per heavy atom. The van der Waals surface area contributed by atoms with E-state index >= 15 is 0 Å². The fraction of sp³-hybridized carbons (Fsp3) is 0.588. The monoisotopic (exact) mass is 318 g/mol. The van der Waals surface area contributed by atoms with Gasteiger partial charge in [0.25, 0.3) is 0 Å². The number of morpholine rings is 1. The standard InChI is InChI=1S/C17H22N2O4/c1-2-13(11-3-4-14-15(5-11)22-10-21-14)16(20)19-9-17-6-12(7-23-17)18-8-17/h3-5,12-13,18H,2,6-10H2,1H3,(H,19,20). The van der Waals surface area contributed by atoms with Gasteiger partial charge in [0.15, 0.2) is 11.5 Å². The molecule has 23 heavy (non-hydrogen) atoms. The summed E-state index contributed by atoms with van der Waals surface area (Å²) in [5.41, 5.74) is 0.745. The maximum atomic E-state index is 12.6. The van der Waals surface area contributed by atoms with Crippen LogP contribution in [0.5, 0.6) is 11.5 Å². The SMILES string of the molecule is CCC(C(=O)NCC12CNC(CO1)C2)c1ccc2c(c1)OCO2. The van der Waals surface area contributed by atoms with Crippen LogP contribution in [0.4, 0.5) is 0 Å². The summed E-state index contributed by atoms with van der Waals surface area (Å²) in [6, 6.07) is 6.17. The largest absolute Gasteiger partial charge is 0.454 e. The van der Waals surface area contributed by atoms with Crippen LogP contribution in [0.3, 0.4) is 0 Å². The summed E-state index contributed by atoms with van der Waals surface area (Å²) in [5, 5.41) is 6.50. The lowest BCUT2D eigenvalue weighted by atomic mass is 9.94.